The number of methoxy groups -OCH3 is 1. The molecule has 1 aliphatic rings. The van der Waals surface area contributed by atoms with Crippen LogP contribution < -0.4 is 14.6 Å². The lowest BCUT2D eigenvalue weighted by Gasteiger charge is -2.21. The summed E-state index contributed by atoms with van der Waals surface area (Å²) in [6.45, 7) is 0.503. The zero-order valence-electron chi connectivity index (χ0n) is 8.89. The van der Waals surface area contributed by atoms with Gasteiger partial charge in [-0.05, 0) is 25.0 Å². The fourth-order valence-corrected chi connectivity index (χ4v) is 2.52. The summed E-state index contributed by atoms with van der Waals surface area (Å²) in [5.41, 5.74) is 0.778. The summed E-state index contributed by atoms with van der Waals surface area (Å²) in [5, 5.41) is 5.12. The van der Waals surface area contributed by atoms with Gasteiger partial charge >= 0.3 is 0 Å². The van der Waals surface area contributed by atoms with Crippen LogP contribution in [0.5, 0.6) is 11.5 Å². The van der Waals surface area contributed by atoms with Crippen LogP contribution in [0.1, 0.15) is 12.0 Å². The Morgan fingerprint density at radius 1 is 1.44 bits per heavy atom. The maximum atomic E-state index is 11.4. The molecule has 0 radical (unpaired) electrons. The molecule has 1 aliphatic heterocycles. The third-order valence-electron chi connectivity index (χ3n) is 2.53. The molecule has 0 fully saturated rings. The minimum atomic E-state index is -3.75. The molecule has 0 aromatic heterocycles. The second kappa shape index (κ2) is 3.95. The van der Waals surface area contributed by atoms with E-state index in [0.717, 1.165) is 18.4 Å². The quantitative estimate of drug-likeness (QED) is 0.828. The number of benzene rings is 1. The van der Waals surface area contributed by atoms with Gasteiger partial charge in [-0.3, -0.25) is 0 Å². The minimum Gasteiger partial charge on any atom is -0.496 e. The lowest BCUT2D eigenvalue weighted by Crippen LogP contribution is -2.18. The fraction of sp³-hybridized carbons (Fsp3) is 0.400. The standard InChI is InChI=1S/C10H13NO4S/c1-14-8-4-5-9(16(11,12)13)10-7(8)3-2-6-15-10/h4-5H,2-3,6H2,1H3,(H2,11,12,13). The Morgan fingerprint density at radius 2 is 2.19 bits per heavy atom. The Kier molecular flexibility index (Phi) is 2.77. The molecule has 0 saturated carbocycles. The summed E-state index contributed by atoms with van der Waals surface area (Å²) in [5.74, 6) is 0.982. The van der Waals surface area contributed by atoms with E-state index in [1.54, 1.807) is 13.2 Å². The average molecular weight is 243 g/mol. The summed E-state index contributed by atoms with van der Waals surface area (Å²) < 4.78 is 33.3. The van der Waals surface area contributed by atoms with Gasteiger partial charge in [-0.1, -0.05) is 0 Å². The van der Waals surface area contributed by atoms with E-state index in [1.165, 1.54) is 6.07 Å². The molecular weight excluding hydrogens is 230 g/mol. The second-order valence-electron chi connectivity index (χ2n) is 3.57. The van der Waals surface area contributed by atoms with Gasteiger partial charge in [0.25, 0.3) is 0 Å². The largest absolute Gasteiger partial charge is 0.496 e. The van der Waals surface area contributed by atoms with Gasteiger partial charge in [0.15, 0.2) is 0 Å². The SMILES string of the molecule is COc1ccc(S(N)(=O)=O)c2c1CCCO2. The van der Waals surface area contributed by atoms with Crippen molar-refractivity contribution in [2.75, 3.05) is 13.7 Å². The topological polar surface area (TPSA) is 78.6 Å². The molecule has 1 heterocycles. The Bertz CT molecular complexity index is 510. The third-order valence-corrected chi connectivity index (χ3v) is 3.46. The molecule has 0 bridgehead atoms. The van der Waals surface area contributed by atoms with Crippen LogP contribution in [-0.2, 0) is 16.4 Å². The molecule has 0 atom stereocenters. The maximum Gasteiger partial charge on any atom is 0.241 e. The van der Waals surface area contributed by atoms with Crippen molar-refractivity contribution in [2.24, 2.45) is 5.14 Å². The molecule has 0 amide bonds. The lowest BCUT2D eigenvalue weighted by molar-refractivity contribution is 0.274. The van der Waals surface area contributed by atoms with E-state index in [4.69, 9.17) is 14.6 Å². The fourth-order valence-electron chi connectivity index (χ4n) is 1.82. The van der Waals surface area contributed by atoms with E-state index in [0.29, 0.717) is 18.1 Å². The number of sulfonamides is 1. The first-order valence-corrected chi connectivity index (χ1v) is 6.44. The third kappa shape index (κ3) is 1.85. The first-order chi connectivity index (χ1) is 7.54. The van der Waals surface area contributed by atoms with E-state index < -0.39 is 10.0 Å². The number of hydrogen-bond donors (Lipinski definition) is 1. The monoisotopic (exact) mass is 243 g/mol. The Morgan fingerprint density at radius 3 is 2.81 bits per heavy atom. The first kappa shape index (κ1) is 11.2. The summed E-state index contributed by atoms with van der Waals surface area (Å²) >= 11 is 0. The predicted octanol–water partition coefficient (Wildman–Crippen LogP) is 0.668. The summed E-state index contributed by atoms with van der Waals surface area (Å²) in [6, 6.07) is 3.02. The first-order valence-electron chi connectivity index (χ1n) is 4.89. The van der Waals surface area contributed by atoms with E-state index in [2.05, 4.69) is 0 Å². The van der Waals surface area contributed by atoms with Crippen molar-refractivity contribution in [3.63, 3.8) is 0 Å². The van der Waals surface area contributed by atoms with Gasteiger partial charge in [-0.15, -0.1) is 0 Å². The molecule has 1 aromatic carbocycles. The zero-order chi connectivity index (χ0) is 11.8. The Labute approximate surface area is 94.2 Å². The normalized spacial score (nSPS) is 15.1. The van der Waals surface area contributed by atoms with Crippen LogP contribution in [0.3, 0.4) is 0 Å². The van der Waals surface area contributed by atoms with Crippen molar-refractivity contribution in [1.82, 2.24) is 0 Å². The van der Waals surface area contributed by atoms with Crippen LogP contribution in [-0.4, -0.2) is 22.1 Å². The van der Waals surface area contributed by atoms with Crippen LogP contribution in [0.4, 0.5) is 0 Å². The minimum absolute atomic E-state index is 0.0306. The van der Waals surface area contributed by atoms with E-state index in [1.807, 2.05) is 0 Å². The number of hydrogen-bond acceptors (Lipinski definition) is 4. The van der Waals surface area contributed by atoms with Crippen LogP contribution in [0.2, 0.25) is 0 Å². The van der Waals surface area contributed by atoms with Gasteiger partial charge in [0.05, 0.1) is 13.7 Å². The highest BCUT2D eigenvalue weighted by Crippen LogP contribution is 2.37. The number of rotatable bonds is 2. The molecule has 0 spiro atoms. The van der Waals surface area contributed by atoms with Crippen LogP contribution in [0.15, 0.2) is 17.0 Å². The van der Waals surface area contributed by atoms with Crippen molar-refractivity contribution >= 4 is 10.0 Å². The molecule has 2 rings (SSSR count). The second-order valence-corrected chi connectivity index (χ2v) is 5.10. The van der Waals surface area contributed by atoms with Crippen molar-refractivity contribution in [3.8, 4) is 11.5 Å². The number of primary sulfonamides is 1. The maximum absolute atomic E-state index is 11.4. The van der Waals surface area contributed by atoms with Gasteiger partial charge in [-0.25, -0.2) is 13.6 Å². The molecule has 16 heavy (non-hydrogen) atoms. The van der Waals surface area contributed by atoms with Crippen molar-refractivity contribution in [1.29, 1.82) is 0 Å². The van der Waals surface area contributed by atoms with Gasteiger partial charge in [0, 0.05) is 5.56 Å². The van der Waals surface area contributed by atoms with Crippen molar-refractivity contribution in [3.05, 3.63) is 17.7 Å². The van der Waals surface area contributed by atoms with Gasteiger partial charge in [0.1, 0.15) is 16.4 Å². The molecular formula is C10H13NO4S. The summed E-state index contributed by atoms with van der Waals surface area (Å²) in [4.78, 5) is 0.0306. The van der Waals surface area contributed by atoms with Gasteiger partial charge < -0.3 is 9.47 Å². The van der Waals surface area contributed by atoms with Gasteiger partial charge in [0.2, 0.25) is 10.0 Å². The predicted molar refractivity (Wildman–Crippen MR) is 58.2 cm³/mol. The van der Waals surface area contributed by atoms with Crippen LogP contribution in [0, 0.1) is 0 Å². The molecule has 1 aromatic rings. The number of nitrogens with two attached hydrogens (primary N) is 1. The number of ether oxygens (including phenoxy) is 2. The van der Waals surface area contributed by atoms with E-state index in [9.17, 15) is 8.42 Å². The molecule has 2 N–H and O–H groups in total. The summed E-state index contributed by atoms with van der Waals surface area (Å²) in [6.07, 6.45) is 1.58. The van der Waals surface area contributed by atoms with Crippen molar-refractivity contribution in [2.45, 2.75) is 17.7 Å². The Balaban J connectivity index is 2.66. The summed E-state index contributed by atoms with van der Waals surface area (Å²) in [7, 11) is -2.21. The highest BCUT2D eigenvalue weighted by molar-refractivity contribution is 7.89. The van der Waals surface area contributed by atoms with E-state index >= 15 is 0 Å². The Hall–Kier alpha value is -1.27. The van der Waals surface area contributed by atoms with Crippen molar-refractivity contribution < 1.29 is 17.9 Å². The zero-order valence-corrected chi connectivity index (χ0v) is 9.71. The average Bonchev–Trinajstić information content (AvgIpc) is 2.26. The number of fused-ring (bicyclic) bond motifs is 1. The molecule has 0 aliphatic carbocycles. The highest BCUT2D eigenvalue weighted by Gasteiger charge is 2.24. The molecule has 88 valence electrons. The molecule has 0 unspecified atom stereocenters. The van der Waals surface area contributed by atoms with Gasteiger partial charge in [-0.2, -0.15) is 0 Å². The molecule has 6 heteroatoms. The molecule has 0 saturated heterocycles. The lowest BCUT2D eigenvalue weighted by atomic mass is 10.1. The van der Waals surface area contributed by atoms with E-state index in [-0.39, 0.29) is 4.90 Å². The molecule has 5 nitrogen and oxygen atoms in total. The van der Waals surface area contributed by atoms with Crippen LogP contribution >= 0.6 is 0 Å². The highest BCUT2D eigenvalue weighted by atomic mass is 32.2. The smallest absolute Gasteiger partial charge is 0.241 e. The van der Waals surface area contributed by atoms with Crippen LogP contribution in [0.25, 0.3) is 0 Å².